The lowest BCUT2D eigenvalue weighted by atomic mass is 9.92. The summed E-state index contributed by atoms with van der Waals surface area (Å²) in [5, 5.41) is 8.68. The highest BCUT2D eigenvalue weighted by molar-refractivity contribution is 6.00. The van der Waals surface area contributed by atoms with Gasteiger partial charge < -0.3 is 37.2 Å². The molecule has 7 N–H and O–H groups in total. The van der Waals surface area contributed by atoms with E-state index in [1.807, 2.05) is 105 Å². The van der Waals surface area contributed by atoms with Crippen molar-refractivity contribution in [1.82, 2.24) is 25.8 Å². The van der Waals surface area contributed by atoms with Gasteiger partial charge in [-0.3, -0.25) is 28.8 Å². The number of benzene rings is 3. The van der Waals surface area contributed by atoms with Gasteiger partial charge >= 0.3 is 0 Å². The Balaban J connectivity index is 1.37. The quantitative estimate of drug-likeness (QED) is 0.116. The molecule has 0 bridgehead atoms. The van der Waals surface area contributed by atoms with Gasteiger partial charge in [0.25, 0.3) is 0 Å². The Bertz CT molecular complexity index is 1860. The fourth-order valence-electron chi connectivity index (χ4n) is 8.19. The third kappa shape index (κ3) is 11.3. The summed E-state index contributed by atoms with van der Waals surface area (Å²) in [5.74, 6) is -2.65. The van der Waals surface area contributed by atoms with E-state index < -0.39 is 53.3 Å². The molecule has 13 heteroatoms. The normalized spacial score (nSPS) is 18.4. The molecule has 310 valence electrons. The molecular weight excluding hydrogens is 735 g/mol. The summed E-state index contributed by atoms with van der Waals surface area (Å²) in [5.41, 5.74) is 12.8. The van der Waals surface area contributed by atoms with Crippen molar-refractivity contribution in [2.75, 3.05) is 19.6 Å². The Morgan fingerprint density at radius 2 is 1.29 bits per heavy atom. The topological polar surface area (TPSA) is 197 Å². The van der Waals surface area contributed by atoms with Gasteiger partial charge in [0.1, 0.15) is 29.7 Å². The van der Waals surface area contributed by atoms with E-state index in [0.717, 1.165) is 16.7 Å². The largest absolute Gasteiger partial charge is 0.368 e. The van der Waals surface area contributed by atoms with Crippen LogP contribution in [0.15, 0.2) is 91.0 Å². The molecule has 0 aromatic heterocycles. The van der Waals surface area contributed by atoms with E-state index in [1.54, 1.807) is 9.80 Å². The van der Waals surface area contributed by atoms with E-state index >= 15 is 0 Å². The molecule has 6 amide bonds. The first-order chi connectivity index (χ1) is 27.9. The van der Waals surface area contributed by atoms with Crippen molar-refractivity contribution < 1.29 is 28.8 Å². The molecule has 2 saturated heterocycles. The maximum atomic E-state index is 14.8. The number of aryl methyl sites for hydroxylation is 1. The van der Waals surface area contributed by atoms with Crippen molar-refractivity contribution in [3.63, 3.8) is 0 Å². The molecule has 3 aromatic rings. The lowest BCUT2D eigenvalue weighted by Crippen LogP contribution is -2.61. The molecule has 2 fully saturated rings. The van der Waals surface area contributed by atoms with Gasteiger partial charge in [0, 0.05) is 32.4 Å². The van der Waals surface area contributed by atoms with E-state index in [-0.39, 0.29) is 43.5 Å². The number of primary amides is 1. The van der Waals surface area contributed by atoms with Crippen LogP contribution in [0.25, 0.3) is 0 Å². The molecule has 0 radical (unpaired) electrons. The molecule has 0 aliphatic carbocycles. The van der Waals surface area contributed by atoms with Crippen molar-refractivity contribution in [3.05, 3.63) is 108 Å². The zero-order valence-electron chi connectivity index (χ0n) is 33.7. The van der Waals surface area contributed by atoms with Crippen LogP contribution in [0.2, 0.25) is 0 Å². The minimum absolute atomic E-state index is 0.0304. The van der Waals surface area contributed by atoms with Gasteiger partial charge in [-0.05, 0) is 74.1 Å². The van der Waals surface area contributed by atoms with Crippen LogP contribution >= 0.6 is 0 Å². The van der Waals surface area contributed by atoms with Crippen LogP contribution in [-0.4, -0.2) is 94.6 Å². The van der Waals surface area contributed by atoms with Crippen LogP contribution < -0.4 is 27.4 Å². The van der Waals surface area contributed by atoms with Crippen LogP contribution in [0.4, 0.5) is 0 Å². The van der Waals surface area contributed by atoms with Crippen LogP contribution in [-0.2, 0) is 48.0 Å². The number of amides is 6. The number of nitrogens with two attached hydrogens (primary N) is 2. The van der Waals surface area contributed by atoms with Crippen LogP contribution in [0.3, 0.4) is 0 Å². The molecule has 2 heterocycles. The zero-order chi connectivity index (χ0) is 41.7. The van der Waals surface area contributed by atoms with E-state index in [1.165, 1.54) is 0 Å². The van der Waals surface area contributed by atoms with Gasteiger partial charge in [-0.25, -0.2) is 0 Å². The molecule has 13 nitrogen and oxygen atoms in total. The Labute approximate surface area is 341 Å². The highest BCUT2D eigenvalue weighted by Gasteiger charge is 2.57. The molecule has 2 unspecified atom stereocenters. The smallest absolute Gasteiger partial charge is 0.249 e. The molecule has 3 aromatic carbocycles. The maximum Gasteiger partial charge on any atom is 0.249 e. The van der Waals surface area contributed by atoms with Crippen molar-refractivity contribution in [3.8, 4) is 0 Å². The summed E-state index contributed by atoms with van der Waals surface area (Å²) in [6.45, 7) is 4.79. The monoisotopic (exact) mass is 793 g/mol. The summed E-state index contributed by atoms with van der Waals surface area (Å²) in [4.78, 5) is 86.4. The number of hydrogen-bond acceptors (Lipinski definition) is 7. The highest BCUT2D eigenvalue weighted by atomic mass is 16.2. The first-order valence-corrected chi connectivity index (χ1v) is 20.6. The summed E-state index contributed by atoms with van der Waals surface area (Å²) in [6, 6.07) is 24.4. The molecule has 1 spiro atoms. The average Bonchev–Trinajstić information content (AvgIpc) is 3.80. The third-order valence-corrected chi connectivity index (χ3v) is 11.2. The van der Waals surface area contributed by atoms with Crippen molar-refractivity contribution in [2.24, 2.45) is 17.4 Å². The number of likely N-dealkylation sites (tertiary alicyclic amines) is 2. The minimum Gasteiger partial charge on any atom is -0.368 e. The van der Waals surface area contributed by atoms with Crippen LogP contribution in [0.1, 0.15) is 75.5 Å². The van der Waals surface area contributed by atoms with Gasteiger partial charge in [0.15, 0.2) is 0 Å². The van der Waals surface area contributed by atoms with Crippen molar-refractivity contribution in [1.29, 1.82) is 0 Å². The Morgan fingerprint density at radius 3 is 1.86 bits per heavy atom. The number of carbonyl (C=O) groups is 6. The average molecular weight is 794 g/mol. The van der Waals surface area contributed by atoms with Gasteiger partial charge in [0.2, 0.25) is 35.4 Å². The Hall–Kier alpha value is -5.56. The molecule has 58 heavy (non-hydrogen) atoms. The summed E-state index contributed by atoms with van der Waals surface area (Å²) in [7, 11) is 0. The molecule has 5 atom stereocenters. The Kier molecular flexibility index (Phi) is 15.6. The maximum absolute atomic E-state index is 14.8. The lowest BCUT2D eigenvalue weighted by Gasteiger charge is -2.37. The second-order valence-corrected chi connectivity index (χ2v) is 16.0. The van der Waals surface area contributed by atoms with Gasteiger partial charge in [-0.1, -0.05) is 105 Å². The SMILES string of the molecule is CC(C)C[C@@H](C(=O)NC(CCc1ccccc1)C(N)=O)N1CCC2(CCCN2C(=O)[C@H](Cc2ccccc2)NC(=O)[C@H](Cc2ccccc2)NC(=O)CCCN)C1=O. The van der Waals surface area contributed by atoms with E-state index in [4.69, 9.17) is 11.5 Å². The standard InChI is InChI=1S/C45H59N7O6/c1-31(2)28-38(42(56)49-35(40(47)54)22-21-32-14-6-3-7-15-32)51-27-24-45(44(51)58)23-13-26-52(45)43(57)37(30-34-18-10-5-11-19-34)50-41(55)36(48-39(53)20-12-25-46)29-33-16-8-4-9-17-33/h3-11,14-19,31,35-38H,12-13,20-30,46H2,1-2H3,(H2,47,54)(H,48,53)(H,49,56)(H,50,55)/t35?,36-,37-,38-,45?/m0/s1. The van der Waals surface area contributed by atoms with Crippen LogP contribution in [0.5, 0.6) is 0 Å². The summed E-state index contributed by atoms with van der Waals surface area (Å²) >= 11 is 0. The van der Waals surface area contributed by atoms with E-state index in [9.17, 15) is 28.8 Å². The van der Waals surface area contributed by atoms with E-state index in [0.29, 0.717) is 58.0 Å². The third-order valence-electron chi connectivity index (χ3n) is 11.2. The minimum atomic E-state index is -1.21. The number of hydrogen-bond donors (Lipinski definition) is 5. The van der Waals surface area contributed by atoms with Crippen molar-refractivity contribution >= 4 is 35.4 Å². The molecular formula is C45H59N7O6. The molecule has 2 aliphatic rings. The number of nitrogens with one attached hydrogen (secondary N) is 3. The zero-order valence-corrected chi connectivity index (χ0v) is 33.7. The number of nitrogens with zero attached hydrogens (tertiary/aromatic N) is 2. The first kappa shape index (κ1) is 43.6. The van der Waals surface area contributed by atoms with Crippen LogP contribution in [0, 0.1) is 5.92 Å². The fraction of sp³-hybridized carbons (Fsp3) is 0.467. The highest BCUT2D eigenvalue weighted by Crippen LogP contribution is 2.41. The first-order valence-electron chi connectivity index (χ1n) is 20.6. The molecule has 0 saturated carbocycles. The molecule has 2 aliphatic heterocycles. The van der Waals surface area contributed by atoms with Gasteiger partial charge in [-0.15, -0.1) is 0 Å². The second kappa shape index (κ2) is 20.7. The fourth-order valence-corrected chi connectivity index (χ4v) is 8.19. The second-order valence-electron chi connectivity index (χ2n) is 16.0. The summed E-state index contributed by atoms with van der Waals surface area (Å²) in [6.07, 6.45) is 3.44. The summed E-state index contributed by atoms with van der Waals surface area (Å²) < 4.78 is 0. The van der Waals surface area contributed by atoms with Gasteiger partial charge in [0.05, 0.1) is 0 Å². The Morgan fingerprint density at radius 1 is 0.724 bits per heavy atom. The molecule has 5 rings (SSSR count). The predicted octanol–water partition coefficient (Wildman–Crippen LogP) is 2.79. The van der Waals surface area contributed by atoms with Gasteiger partial charge in [-0.2, -0.15) is 0 Å². The van der Waals surface area contributed by atoms with E-state index in [2.05, 4.69) is 16.0 Å². The number of rotatable bonds is 20. The lowest BCUT2D eigenvalue weighted by molar-refractivity contribution is -0.151. The van der Waals surface area contributed by atoms with Crippen molar-refractivity contribution in [2.45, 2.75) is 108 Å². The number of carbonyl (C=O) groups excluding carboxylic acids is 6. The predicted molar refractivity (Wildman–Crippen MR) is 222 cm³/mol.